The average molecular weight is 305 g/mol. The van der Waals surface area contributed by atoms with Crippen LogP contribution >= 0.6 is 11.6 Å². The van der Waals surface area contributed by atoms with E-state index >= 15 is 0 Å². The van der Waals surface area contributed by atoms with Crippen molar-refractivity contribution in [1.29, 1.82) is 0 Å². The highest BCUT2D eigenvalue weighted by Gasteiger charge is 2.17. The summed E-state index contributed by atoms with van der Waals surface area (Å²) in [5.41, 5.74) is 1.52. The predicted molar refractivity (Wildman–Crippen MR) is 72.4 cm³/mol. The summed E-state index contributed by atoms with van der Waals surface area (Å²) in [5, 5.41) is 7.44. The average Bonchev–Trinajstić information content (AvgIpc) is 2.78. The van der Waals surface area contributed by atoms with E-state index in [2.05, 4.69) is 15.2 Å². The Labute approximate surface area is 120 Å². The van der Waals surface area contributed by atoms with Crippen LogP contribution in [0.5, 0.6) is 5.75 Å². The summed E-state index contributed by atoms with van der Waals surface area (Å²) in [6, 6.07) is 4.55. The molecule has 1 N–H and O–H groups in total. The van der Waals surface area contributed by atoms with Crippen molar-refractivity contribution in [3.05, 3.63) is 28.8 Å². The van der Waals surface area contributed by atoms with E-state index in [0.717, 1.165) is 12.1 Å². The van der Waals surface area contributed by atoms with Gasteiger partial charge in [0.05, 0.1) is 5.71 Å². The van der Waals surface area contributed by atoms with Crippen molar-refractivity contribution in [1.82, 2.24) is 5.32 Å². The van der Waals surface area contributed by atoms with Gasteiger partial charge in [-0.3, -0.25) is 0 Å². The van der Waals surface area contributed by atoms with Gasteiger partial charge < -0.3 is 14.9 Å². The number of alkyl halides is 2. The predicted octanol–water partition coefficient (Wildman–Crippen LogP) is 3.20. The highest BCUT2D eigenvalue weighted by Crippen LogP contribution is 2.24. The lowest BCUT2D eigenvalue weighted by Gasteiger charge is -2.13. The molecule has 1 atom stereocenters. The summed E-state index contributed by atoms with van der Waals surface area (Å²) in [5.74, 6) is 0.122. The second kappa shape index (κ2) is 6.85. The zero-order valence-corrected chi connectivity index (χ0v) is 11.7. The Morgan fingerprint density at radius 2 is 2.35 bits per heavy atom. The maximum absolute atomic E-state index is 12.3. The van der Waals surface area contributed by atoms with Crippen molar-refractivity contribution in [2.24, 2.45) is 5.16 Å². The molecule has 1 aliphatic heterocycles. The fraction of sp³-hybridized carbons (Fsp3) is 0.462. The number of oxime groups is 1. The maximum Gasteiger partial charge on any atom is 0.387 e. The quantitative estimate of drug-likeness (QED) is 0.877. The van der Waals surface area contributed by atoms with Crippen LogP contribution in [-0.4, -0.2) is 25.0 Å². The van der Waals surface area contributed by atoms with E-state index in [9.17, 15) is 8.78 Å². The Morgan fingerprint density at radius 3 is 3.00 bits per heavy atom. The molecule has 110 valence electrons. The highest BCUT2D eigenvalue weighted by molar-refractivity contribution is 6.30. The first kappa shape index (κ1) is 15.0. The molecule has 7 heteroatoms. The molecular weight excluding hydrogens is 290 g/mol. The summed E-state index contributed by atoms with van der Waals surface area (Å²) >= 11 is 5.86. The third-order valence-electron chi connectivity index (χ3n) is 2.81. The van der Waals surface area contributed by atoms with Crippen LogP contribution in [0.2, 0.25) is 5.02 Å². The fourth-order valence-electron chi connectivity index (χ4n) is 1.94. The van der Waals surface area contributed by atoms with Crippen LogP contribution in [-0.2, 0) is 11.4 Å². The SMILES string of the molecule is CC1=NOC(CNCc2cc(Cl)ccc2OC(F)F)C1. The van der Waals surface area contributed by atoms with Crippen LogP contribution in [0.1, 0.15) is 18.9 Å². The van der Waals surface area contributed by atoms with Gasteiger partial charge in [0.25, 0.3) is 0 Å². The van der Waals surface area contributed by atoms with E-state index in [1.807, 2.05) is 6.92 Å². The van der Waals surface area contributed by atoms with E-state index in [0.29, 0.717) is 23.7 Å². The number of rotatable bonds is 6. The summed E-state index contributed by atoms with van der Waals surface area (Å²) < 4.78 is 29.1. The fourth-order valence-corrected chi connectivity index (χ4v) is 2.14. The molecule has 0 aliphatic carbocycles. The molecule has 1 heterocycles. The van der Waals surface area contributed by atoms with E-state index in [4.69, 9.17) is 16.4 Å². The number of nitrogens with one attached hydrogen (secondary N) is 1. The molecule has 1 aromatic carbocycles. The molecule has 0 spiro atoms. The number of hydrogen-bond donors (Lipinski definition) is 1. The number of benzene rings is 1. The summed E-state index contributed by atoms with van der Waals surface area (Å²) in [4.78, 5) is 5.17. The van der Waals surface area contributed by atoms with Gasteiger partial charge in [-0.1, -0.05) is 16.8 Å². The van der Waals surface area contributed by atoms with Crippen LogP contribution in [0.15, 0.2) is 23.4 Å². The zero-order chi connectivity index (χ0) is 14.5. The lowest BCUT2D eigenvalue weighted by atomic mass is 10.1. The monoisotopic (exact) mass is 304 g/mol. The minimum absolute atomic E-state index is 0.0198. The van der Waals surface area contributed by atoms with Gasteiger partial charge in [-0.05, 0) is 25.1 Å². The molecule has 0 amide bonds. The van der Waals surface area contributed by atoms with Crippen molar-refractivity contribution < 1.29 is 18.4 Å². The number of nitrogens with zero attached hydrogens (tertiary/aromatic N) is 1. The summed E-state index contributed by atoms with van der Waals surface area (Å²) in [6.45, 7) is -0.0294. The maximum atomic E-state index is 12.3. The minimum Gasteiger partial charge on any atom is -0.434 e. The van der Waals surface area contributed by atoms with Gasteiger partial charge in [-0.15, -0.1) is 0 Å². The normalized spacial score (nSPS) is 18.1. The van der Waals surface area contributed by atoms with E-state index in [1.54, 1.807) is 6.07 Å². The van der Waals surface area contributed by atoms with Crippen molar-refractivity contribution in [2.45, 2.75) is 32.6 Å². The molecule has 1 unspecified atom stereocenters. The molecule has 1 aromatic rings. The molecule has 0 fully saturated rings. The van der Waals surface area contributed by atoms with Crippen molar-refractivity contribution in [3.63, 3.8) is 0 Å². The Balaban J connectivity index is 1.89. The van der Waals surface area contributed by atoms with Crippen molar-refractivity contribution >= 4 is 17.3 Å². The van der Waals surface area contributed by atoms with Crippen LogP contribution in [0.4, 0.5) is 8.78 Å². The second-order valence-electron chi connectivity index (χ2n) is 4.52. The largest absolute Gasteiger partial charge is 0.434 e. The number of halogens is 3. The minimum atomic E-state index is -2.86. The highest BCUT2D eigenvalue weighted by atomic mass is 35.5. The van der Waals surface area contributed by atoms with Gasteiger partial charge in [0.15, 0.2) is 0 Å². The first-order valence-electron chi connectivity index (χ1n) is 6.18. The second-order valence-corrected chi connectivity index (χ2v) is 4.96. The first-order chi connectivity index (χ1) is 9.54. The van der Waals surface area contributed by atoms with E-state index < -0.39 is 6.61 Å². The molecule has 0 bridgehead atoms. The molecule has 0 aromatic heterocycles. The lowest BCUT2D eigenvalue weighted by Crippen LogP contribution is -2.26. The number of hydrogen-bond acceptors (Lipinski definition) is 4. The summed E-state index contributed by atoms with van der Waals surface area (Å²) in [6.07, 6.45) is 0.747. The first-order valence-corrected chi connectivity index (χ1v) is 6.55. The standard InChI is InChI=1S/C13H15ClF2N2O2/c1-8-4-11(20-18-8)7-17-6-9-5-10(14)2-3-12(9)19-13(15)16/h2-3,5,11,13,17H,4,6-7H2,1H3. The van der Waals surface area contributed by atoms with Gasteiger partial charge in [-0.2, -0.15) is 8.78 Å². The molecule has 0 saturated heterocycles. The van der Waals surface area contributed by atoms with Crippen molar-refractivity contribution in [2.75, 3.05) is 6.54 Å². The van der Waals surface area contributed by atoms with Crippen LogP contribution in [0.25, 0.3) is 0 Å². The van der Waals surface area contributed by atoms with Crippen molar-refractivity contribution in [3.8, 4) is 5.75 Å². The molecule has 0 radical (unpaired) electrons. The Bertz CT molecular complexity index is 497. The van der Waals surface area contributed by atoms with Gasteiger partial charge in [0.2, 0.25) is 0 Å². The van der Waals surface area contributed by atoms with Crippen LogP contribution in [0, 0.1) is 0 Å². The zero-order valence-electron chi connectivity index (χ0n) is 10.9. The molecule has 1 aliphatic rings. The van der Waals surface area contributed by atoms with Crippen LogP contribution < -0.4 is 10.1 Å². The van der Waals surface area contributed by atoms with Gasteiger partial charge >= 0.3 is 6.61 Å². The van der Waals surface area contributed by atoms with Crippen LogP contribution in [0.3, 0.4) is 0 Å². The Hall–Kier alpha value is -1.40. The smallest absolute Gasteiger partial charge is 0.387 e. The Kier molecular flexibility index (Phi) is 5.14. The number of ether oxygens (including phenoxy) is 1. The molecular formula is C13H15ClF2N2O2. The molecule has 20 heavy (non-hydrogen) atoms. The molecule has 4 nitrogen and oxygen atoms in total. The van der Waals surface area contributed by atoms with Gasteiger partial charge in [-0.25, -0.2) is 0 Å². The van der Waals surface area contributed by atoms with Gasteiger partial charge in [0, 0.05) is 30.1 Å². The summed E-state index contributed by atoms with van der Waals surface area (Å²) in [7, 11) is 0. The molecule has 0 saturated carbocycles. The topological polar surface area (TPSA) is 42.8 Å². The Morgan fingerprint density at radius 1 is 1.55 bits per heavy atom. The lowest BCUT2D eigenvalue weighted by molar-refractivity contribution is -0.0505. The third kappa shape index (κ3) is 4.31. The van der Waals surface area contributed by atoms with E-state index in [-0.39, 0.29) is 11.9 Å². The molecule has 2 rings (SSSR count). The van der Waals surface area contributed by atoms with Gasteiger partial charge in [0.1, 0.15) is 11.9 Å². The van der Waals surface area contributed by atoms with E-state index in [1.165, 1.54) is 12.1 Å². The third-order valence-corrected chi connectivity index (χ3v) is 3.04.